The number of hydrogen-bond donors (Lipinski definition) is 0. The number of aromatic carboxylic acids is 2. The molecular weight excluding hydrogens is 625 g/mol. The number of fused-ring (bicyclic) bond motifs is 4. The Hall–Kier alpha value is -3.36. The first kappa shape index (κ1) is 32.6. The molecule has 0 bridgehead atoms. The molecule has 0 aliphatic heterocycles. The molecule has 13 heteroatoms. The van der Waals surface area contributed by atoms with Gasteiger partial charge in [0.1, 0.15) is 34.8 Å². The Balaban J connectivity index is 0.000000192. The quantitative estimate of drug-likeness (QED) is 0.156. The summed E-state index contributed by atoms with van der Waals surface area (Å²) in [7, 11) is 0. The second kappa shape index (κ2) is 13.1. The zero-order valence-corrected chi connectivity index (χ0v) is 26.4. The van der Waals surface area contributed by atoms with Crippen molar-refractivity contribution < 1.29 is 37.7 Å². The number of hydrogen-bond acceptors (Lipinski definition) is 10. The molecular formula is C30H18CaO10S2. The van der Waals surface area contributed by atoms with Crippen molar-refractivity contribution in [3.05, 3.63) is 104 Å². The minimum absolute atomic E-state index is 0. The van der Waals surface area contributed by atoms with Crippen molar-refractivity contribution in [2.75, 3.05) is 12.5 Å². The van der Waals surface area contributed by atoms with Gasteiger partial charge in [-0.05, 0) is 94.1 Å². The molecule has 0 aliphatic carbocycles. The molecule has 0 saturated heterocycles. The second-order valence-electron chi connectivity index (χ2n) is 9.08. The SMILES string of the molecule is C[S+]([O-])c1ccc2c(=O)c3cc(C(=O)[O-])ccc3oc2c1.C[S+]([O-])c1ccc2c(=O)c3cc(C(=O)[O-])ccc3oc2c1.[Ca+2]. The van der Waals surface area contributed by atoms with E-state index >= 15 is 0 Å². The molecule has 0 fully saturated rings. The van der Waals surface area contributed by atoms with Gasteiger partial charge >= 0.3 is 37.7 Å². The fourth-order valence-electron chi connectivity index (χ4n) is 4.28. The number of carbonyl (C=O) groups is 2. The molecule has 0 amide bonds. The van der Waals surface area contributed by atoms with Gasteiger partial charge in [0, 0.05) is 12.1 Å². The molecule has 2 atom stereocenters. The molecule has 4 aromatic carbocycles. The van der Waals surface area contributed by atoms with Crippen LogP contribution in [0.1, 0.15) is 20.7 Å². The summed E-state index contributed by atoms with van der Waals surface area (Å²) in [6.07, 6.45) is 3.07. The molecule has 0 radical (unpaired) electrons. The number of rotatable bonds is 4. The molecule has 0 saturated carbocycles. The number of carbonyl (C=O) groups excluding carboxylic acids is 2. The zero-order chi connectivity index (χ0) is 30.3. The zero-order valence-electron chi connectivity index (χ0n) is 22.5. The van der Waals surface area contributed by atoms with Crippen LogP contribution in [0.15, 0.2) is 101 Å². The summed E-state index contributed by atoms with van der Waals surface area (Å²) in [5.41, 5.74) is 0.363. The van der Waals surface area contributed by atoms with Crippen molar-refractivity contribution in [2.24, 2.45) is 0 Å². The maximum absolute atomic E-state index is 12.4. The number of carboxylic acids is 2. The van der Waals surface area contributed by atoms with Crippen LogP contribution < -0.4 is 21.1 Å². The summed E-state index contributed by atoms with van der Waals surface area (Å²) in [5.74, 6) is -2.71. The maximum atomic E-state index is 12.4. The minimum atomic E-state index is -1.35. The van der Waals surface area contributed by atoms with Gasteiger partial charge in [0.2, 0.25) is 10.9 Å². The molecule has 2 unspecified atom stereocenters. The van der Waals surface area contributed by atoms with Crippen molar-refractivity contribution in [1.82, 2.24) is 0 Å². The Morgan fingerprint density at radius 3 is 1.26 bits per heavy atom. The maximum Gasteiger partial charge on any atom is 2.00 e. The van der Waals surface area contributed by atoms with Crippen LogP contribution in [-0.4, -0.2) is 71.3 Å². The van der Waals surface area contributed by atoms with E-state index < -0.39 is 34.3 Å². The molecule has 6 aromatic rings. The van der Waals surface area contributed by atoms with E-state index in [1.54, 1.807) is 24.3 Å². The van der Waals surface area contributed by atoms with Gasteiger partial charge in [0.25, 0.3) is 0 Å². The molecule has 2 heterocycles. The van der Waals surface area contributed by atoms with E-state index in [2.05, 4.69) is 0 Å². The molecule has 6 rings (SSSR count). The summed E-state index contributed by atoms with van der Waals surface area (Å²) in [5, 5.41) is 22.7. The predicted molar refractivity (Wildman–Crippen MR) is 159 cm³/mol. The van der Waals surface area contributed by atoms with E-state index in [4.69, 9.17) is 8.83 Å². The third-order valence-corrected chi connectivity index (χ3v) is 8.25. The third kappa shape index (κ3) is 6.60. The standard InChI is InChI=1S/2C15H10O5S.Ca/c2*1-21(19)9-3-4-10-13(7-9)20-12-5-2-8(15(17)18)6-11(12)14(10)16;/h2*2-7H,1H3,(H,17,18);/q;;+2/p-2. The molecule has 0 spiro atoms. The van der Waals surface area contributed by atoms with Crippen LogP contribution in [0.2, 0.25) is 0 Å². The predicted octanol–water partition coefficient (Wildman–Crippen LogP) is 1.71. The van der Waals surface area contributed by atoms with E-state index in [9.17, 15) is 38.5 Å². The van der Waals surface area contributed by atoms with Crippen molar-refractivity contribution in [3.63, 3.8) is 0 Å². The normalized spacial score (nSPS) is 12.4. The monoisotopic (exact) mass is 642 g/mol. The summed E-state index contributed by atoms with van der Waals surface area (Å²) in [6.45, 7) is 0. The van der Waals surface area contributed by atoms with Crippen LogP contribution in [0, 0.1) is 0 Å². The Morgan fingerprint density at radius 1 is 0.558 bits per heavy atom. The second-order valence-corrected chi connectivity index (χ2v) is 11.8. The summed E-state index contributed by atoms with van der Waals surface area (Å²) in [4.78, 5) is 47.6. The molecule has 212 valence electrons. The molecule has 0 N–H and O–H groups in total. The first-order chi connectivity index (χ1) is 19.9. The Kier molecular flexibility index (Phi) is 9.92. The molecule has 10 nitrogen and oxygen atoms in total. The fraction of sp³-hybridized carbons (Fsp3) is 0.0667. The van der Waals surface area contributed by atoms with Crippen LogP contribution >= 0.6 is 0 Å². The van der Waals surface area contributed by atoms with Crippen LogP contribution in [-0.2, 0) is 22.4 Å². The van der Waals surface area contributed by atoms with Gasteiger partial charge in [0.05, 0.1) is 33.5 Å². The van der Waals surface area contributed by atoms with Crippen LogP contribution in [0.5, 0.6) is 0 Å². The average Bonchev–Trinajstić information content (AvgIpc) is 2.96. The average molecular weight is 643 g/mol. The summed E-state index contributed by atoms with van der Waals surface area (Å²) >= 11 is -2.37. The van der Waals surface area contributed by atoms with Gasteiger partial charge in [-0.3, -0.25) is 9.59 Å². The summed E-state index contributed by atoms with van der Waals surface area (Å²) in [6, 6.07) is 17.3. The number of benzene rings is 4. The smallest absolute Gasteiger partial charge is 0.612 e. The van der Waals surface area contributed by atoms with Gasteiger partial charge in [-0.2, -0.15) is 0 Å². The van der Waals surface area contributed by atoms with Gasteiger partial charge in [-0.25, -0.2) is 0 Å². The third-order valence-electron chi connectivity index (χ3n) is 6.42. The first-order valence-electron chi connectivity index (χ1n) is 12.1. The largest absolute Gasteiger partial charge is 2.00 e. The van der Waals surface area contributed by atoms with Gasteiger partial charge in [-0.1, -0.05) is 0 Å². The molecule has 2 aromatic heterocycles. The number of carboxylic acid groups (broad SMARTS) is 2. The Morgan fingerprint density at radius 2 is 0.930 bits per heavy atom. The first-order valence-corrected chi connectivity index (χ1v) is 15.2. The van der Waals surface area contributed by atoms with Crippen LogP contribution in [0.25, 0.3) is 43.9 Å². The van der Waals surface area contributed by atoms with Crippen molar-refractivity contribution in [2.45, 2.75) is 9.79 Å². The molecule has 0 aliphatic rings. The Labute approximate surface area is 278 Å². The van der Waals surface area contributed by atoms with Gasteiger partial charge in [0.15, 0.2) is 9.79 Å². The van der Waals surface area contributed by atoms with E-state index in [1.165, 1.54) is 61.0 Å². The van der Waals surface area contributed by atoms with Crippen molar-refractivity contribution >= 4 is 116 Å². The van der Waals surface area contributed by atoms with E-state index in [-0.39, 0.29) is 81.7 Å². The van der Waals surface area contributed by atoms with E-state index in [1.807, 2.05) is 0 Å². The van der Waals surface area contributed by atoms with Gasteiger partial charge in [-0.15, -0.1) is 0 Å². The van der Waals surface area contributed by atoms with Crippen LogP contribution in [0.3, 0.4) is 0 Å². The van der Waals surface area contributed by atoms with Crippen molar-refractivity contribution in [3.8, 4) is 0 Å². The topological polar surface area (TPSA) is 187 Å². The van der Waals surface area contributed by atoms with Crippen LogP contribution in [0.4, 0.5) is 0 Å². The summed E-state index contributed by atoms with van der Waals surface area (Å²) < 4.78 is 34.2. The van der Waals surface area contributed by atoms with E-state index in [0.29, 0.717) is 31.7 Å². The van der Waals surface area contributed by atoms with Gasteiger partial charge < -0.3 is 37.7 Å². The Bertz CT molecular complexity index is 2010. The van der Waals surface area contributed by atoms with E-state index in [0.717, 1.165) is 0 Å². The minimum Gasteiger partial charge on any atom is -0.612 e. The molecule has 43 heavy (non-hydrogen) atoms. The fourth-order valence-corrected chi connectivity index (χ4v) is 5.35. The van der Waals surface area contributed by atoms with Crippen molar-refractivity contribution in [1.29, 1.82) is 0 Å².